The summed E-state index contributed by atoms with van der Waals surface area (Å²) in [5.74, 6) is 0.820. The van der Waals surface area contributed by atoms with E-state index in [9.17, 15) is 0 Å². The minimum absolute atomic E-state index is 0.726. The largest absolute Gasteiger partial charge is 0.305 e. The molecule has 0 aromatic carbocycles. The molecule has 1 heteroatoms. The van der Waals surface area contributed by atoms with E-state index >= 15 is 0 Å². The first kappa shape index (κ1) is 7.52. The quantitative estimate of drug-likeness (QED) is 0.566. The van der Waals surface area contributed by atoms with Crippen LogP contribution in [0.3, 0.4) is 0 Å². The van der Waals surface area contributed by atoms with E-state index in [0.717, 1.165) is 11.6 Å². The molecule has 0 amide bonds. The number of rotatable bonds is 2. The lowest BCUT2D eigenvalue weighted by atomic mass is 10.0. The summed E-state index contributed by atoms with van der Waals surface area (Å²) in [4.78, 5) is 0. The van der Waals surface area contributed by atoms with Gasteiger partial charge < -0.3 is 5.41 Å². The van der Waals surface area contributed by atoms with Crippen molar-refractivity contribution in [1.82, 2.24) is 0 Å². The molecule has 1 aliphatic carbocycles. The van der Waals surface area contributed by atoms with Crippen LogP contribution < -0.4 is 0 Å². The highest BCUT2D eigenvalue weighted by Gasteiger charge is 2.24. The zero-order valence-corrected chi connectivity index (χ0v) is 6.99. The molecule has 10 heavy (non-hydrogen) atoms. The second-order valence-electron chi connectivity index (χ2n) is 3.21. The van der Waals surface area contributed by atoms with Gasteiger partial charge in [-0.25, -0.2) is 0 Å². The van der Waals surface area contributed by atoms with Crippen molar-refractivity contribution < 1.29 is 0 Å². The maximum Gasteiger partial charge on any atom is 0.0311 e. The fraction of sp³-hybridized carbons (Fsp3) is 0.667. The lowest BCUT2D eigenvalue weighted by Crippen LogP contribution is -1.95. The first-order valence-corrected chi connectivity index (χ1v) is 3.86. The Kier molecular flexibility index (Phi) is 1.93. The van der Waals surface area contributed by atoms with Crippen LogP contribution in [0.1, 0.15) is 33.6 Å². The van der Waals surface area contributed by atoms with Crippen LogP contribution >= 0.6 is 0 Å². The summed E-state index contributed by atoms with van der Waals surface area (Å²) < 4.78 is 0. The van der Waals surface area contributed by atoms with E-state index in [1.165, 1.54) is 24.0 Å². The molecule has 1 saturated carbocycles. The molecular formula is C9H15N. The number of hydrogen-bond donors (Lipinski definition) is 1. The van der Waals surface area contributed by atoms with Crippen molar-refractivity contribution in [1.29, 1.82) is 5.41 Å². The zero-order valence-electron chi connectivity index (χ0n) is 6.99. The highest BCUT2D eigenvalue weighted by molar-refractivity contribution is 5.95. The first-order valence-electron chi connectivity index (χ1n) is 3.86. The minimum atomic E-state index is 0.726. The molecule has 56 valence electrons. The Hall–Kier alpha value is -0.590. The molecule has 0 aliphatic heterocycles. The van der Waals surface area contributed by atoms with E-state index in [2.05, 4.69) is 13.8 Å². The third-order valence-corrected chi connectivity index (χ3v) is 2.34. The molecule has 0 unspecified atom stereocenters. The predicted molar refractivity (Wildman–Crippen MR) is 44.5 cm³/mol. The number of hydrogen-bond acceptors (Lipinski definition) is 1. The molecule has 1 rings (SSSR count). The van der Waals surface area contributed by atoms with Crippen LogP contribution in [0.4, 0.5) is 0 Å². The van der Waals surface area contributed by atoms with Crippen molar-refractivity contribution in [3.05, 3.63) is 11.1 Å². The monoisotopic (exact) mass is 137 g/mol. The van der Waals surface area contributed by atoms with Gasteiger partial charge >= 0.3 is 0 Å². The molecule has 0 bridgehead atoms. The van der Waals surface area contributed by atoms with Gasteiger partial charge in [-0.15, -0.1) is 0 Å². The Morgan fingerprint density at radius 2 is 1.70 bits per heavy atom. The molecular weight excluding hydrogens is 122 g/mol. The van der Waals surface area contributed by atoms with Crippen LogP contribution in [0.2, 0.25) is 0 Å². The van der Waals surface area contributed by atoms with Gasteiger partial charge in [0.2, 0.25) is 0 Å². The Morgan fingerprint density at radius 3 is 2.00 bits per heavy atom. The van der Waals surface area contributed by atoms with E-state index in [1.807, 2.05) is 6.92 Å². The second kappa shape index (κ2) is 2.57. The molecule has 0 aromatic rings. The Bertz CT molecular complexity index is 185. The molecule has 1 fully saturated rings. The summed E-state index contributed by atoms with van der Waals surface area (Å²) in [6.45, 7) is 6.07. The number of allylic oxidation sites excluding steroid dienone is 2. The topological polar surface area (TPSA) is 23.9 Å². The second-order valence-corrected chi connectivity index (χ2v) is 3.21. The van der Waals surface area contributed by atoms with Crippen LogP contribution in [0, 0.1) is 11.3 Å². The Labute approximate surface area is 62.6 Å². The van der Waals surface area contributed by atoms with Gasteiger partial charge in [-0.3, -0.25) is 0 Å². The SMILES string of the molecule is CC(=N)/C(C)=C(\C)C1CC1. The summed E-state index contributed by atoms with van der Waals surface area (Å²) in [5.41, 5.74) is 3.36. The zero-order chi connectivity index (χ0) is 7.72. The van der Waals surface area contributed by atoms with Crippen molar-refractivity contribution in [2.45, 2.75) is 33.6 Å². The van der Waals surface area contributed by atoms with E-state index in [1.54, 1.807) is 0 Å². The van der Waals surface area contributed by atoms with E-state index in [4.69, 9.17) is 5.41 Å². The Balaban J connectivity index is 2.71. The summed E-state index contributed by atoms with van der Waals surface area (Å²) >= 11 is 0. The van der Waals surface area contributed by atoms with Crippen LogP contribution in [0.5, 0.6) is 0 Å². The first-order chi connectivity index (χ1) is 4.63. The molecule has 0 saturated heterocycles. The highest BCUT2D eigenvalue weighted by atomic mass is 14.4. The van der Waals surface area contributed by atoms with Gasteiger partial charge in [0.25, 0.3) is 0 Å². The lowest BCUT2D eigenvalue weighted by molar-refractivity contribution is 0.987. The molecule has 1 N–H and O–H groups in total. The molecule has 0 aromatic heterocycles. The maximum atomic E-state index is 7.39. The van der Waals surface area contributed by atoms with Crippen molar-refractivity contribution in [2.75, 3.05) is 0 Å². The minimum Gasteiger partial charge on any atom is -0.305 e. The van der Waals surface area contributed by atoms with Crippen LogP contribution in [-0.4, -0.2) is 5.71 Å². The van der Waals surface area contributed by atoms with Crippen molar-refractivity contribution in [3.8, 4) is 0 Å². The molecule has 0 spiro atoms. The summed E-state index contributed by atoms with van der Waals surface area (Å²) in [7, 11) is 0. The smallest absolute Gasteiger partial charge is 0.0311 e. The maximum absolute atomic E-state index is 7.39. The van der Waals surface area contributed by atoms with Crippen molar-refractivity contribution >= 4 is 5.71 Å². The van der Waals surface area contributed by atoms with Crippen molar-refractivity contribution in [2.24, 2.45) is 5.92 Å². The highest BCUT2D eigenvalue weighted by Crippen LogP contribution is 2.37. The van der Waals surface area contributed by atoms with Gasteiger partial charge in [0.15, 0.2) is 0 Å². The summed E-state index contributed by atoms with van der Waals surface area (Å²) in [5, 5.41) is 7.39. The molecule has 0 atom stereocenters. The van der Waals surface area contributed by atoms with Crippen molar-refractivity contribution in [3.63, 3.8) is 0 Å². The standard InChI is InChI=1S/C9H15N/c1-6(8(3)10)7(2)9-4-5-9/h9-10H,4-5H2,1-3H3/b7-6+,10-8?. The van der Waals surface area contributed by atoms with Gasteiger partial charge in [-0.1, -0.05) is 5.57 Å². The molecule has 0 radical (unpaired) electrons. The van der Waals surface area contributed by atoms with Gasteiger partial charge in [0, 0.05) is 5.71 Å². The summed E-state index contributed by atoms with van der Waals surface area (Å²) in [6.07, 6.45) is 2.69. The predicted octanol–water partition coefficient (Wildman–Crippen LogP) is 2.77. The average molecular weight is 137 g/mol. The molecule has 1 aliphatic rings. The normalized spacial score (nSPS) is 20.3. The van der Waals surface area contributed by atoms with E-state index in [0.29, 0.717) is 0 Å². The van der Waals surface area contributed by atoms with E-state index in [-0.39, 0.29) is 0 Å². The third-order valence-electron chi connectivity index (χ3n) is 2.34. The van der Waals surface area contributed by atoms with Gasteiger partial charge in [0.1, 0.15) is 0 Å². The third kappa shape index (κ3) is 1.47. The summed E-state index contributed by atoms with van der Waals surface area (Å²) in [6, 6.07) is 0. The van der Waals surface area contributed by atoms with Gasteiger partial charge in [-0.05, 0) is 45.1 Å². The molecule has 0 heterocycles. The van der Waals surface area contributed by atoms with E-state index < -0.39 is 0 Å². The average Bonchev–Trinajstić information content (AvgIpc) is 2.65. The van der Waals surface area contributed by atoms with Crippen LogP contribution in [0.25, 0.3) is 0 Å². The molecule has 1 nitrogen and oxygen atoms in total. The number of nitrogens with one attached hydrogen (secondary N) is 1. The lowest BCUT2D eigenvalue weighted by Gasteiger charge is -2.03. The fourth-order valence-corrected chi connectivity index (χ4v) is 1.12. The van der Waals surface area contributed by atoms with Gasteiger partial charge in [0.05, 0.1) is 0 Å². The fourth-order valence-electron chi connectivity index (χ4n) is 1.12. The van der Waals surface area contributed by atoms with Gasteiger partial charge in [-0.2, -0.15) is 0 Å². The van der Waals surface area contributed by atoms with Crippen LogP contribution in [0.15, 0.2) is 11.1 Å². The Morgan fingerprint density at radius 1 is 1.20 bits per heavy atom. The van der Waals surface area contributed by atoms with Crippen LogP contribution in [-0.2, 0) is 0 Å².